The Morgan fingerprint density at radius 1 is 1.07 bits per heavy atom. The molecule has 0 aliphatic carbocycles. The van der Waals surface area contributed by atoms with Crippen LogP contribution in [0.25, 0.3) is 0 Å². The molecule has 1 amide bonds. The number of benzene rings is 3. The zero-order valence-electron chi connectivity index (χ0n) is 15.4. The number of carbonyl (C=O) groups is 1. The zero-order chi connectivity index (χ0) is 19.8. The lowest BCUT2D eigenvalue weighted by atomic mass is 10.00. The number of para-hydroxylation sites is 1. The first-order chi connectivity index (χ1) is 14.2. The zero-order valence-corrected chi connectivity index (χ0v) is 17.0. The lowest BCUT2D eigenvalue weighted by molar-refractivity contribution is -0.118. The number of hydrogen-bond donors (Lipinski definition) is 1. The Morgan fingerprint density at radius 2 is 1.90 bits per heavy atom. The molecular weight excluding hydrogens is 404 g/mol. The molecule has 1 N–H and O–H groups in total. The van der Waals surface area contributed by atoms with Gasteiger partial charge < -0.3 is 10.1 Å². The molecule has 1 atom stereocenters. The monoisotopic (exact) mass is 420 g/mol. The van der Waals surface area contributed by atoms with Gasteiger partial charge in [0.1, 0.15) is 5.75 Å². The van der Waals surface area contributed by atoms with Crippen LogP contribution >= 0.6 is 23.4 Å². The van der Waals surface area contributed by atoms with Crippen molar-refractivity contribution in [1.82, 2.24) is 0 Å². The maximum absolute atomic E-state index is 11.7. The summed E-state index contributed by atoms with van der Waals surface area (Å²) in [7, 11) is 0. The number of aliphatic imine (C=N–C) groups is 1. The standard InChI is InChI=1S/C23H17ClN2O2S/c24-16-8-5-14(6-9-16)22-12-18(25-17-3-1-2-4-21(17)29-22)15-7-10-20-19(11-15)26-23(27)13-28-20/h1-11,22H,12-13H2,(H,26,27)/t22-/m0/s1. The molecular formula is C23H17ClN2O2S. The molecule has 144 valence electrons. The molecule has 0 radical (unpaired) electrons. The van der Waals surface area contributed by atoms with E-state index < -0.39 is 0 Å². The molecule has 29 heavy (non-hydrogen) atoms. The largest absolute Gasteiger partial charge is 0.482 e. The van der Waals surface area contributed by atoms with Crippen LogP contribution in [0, 0.1) is 0 Å². The SMILES string of the molecule is O=C1COc2ccc(C3=Nc4ccccc4S[C@H](c4ccc(Cl)cc4)C3)cc2N1. The molecule has 5 rings (SSSR count). The van der Waals surface area contributed by atoms with Gasteiger partial charge in [-0.05, 0) is 53.6 Å². The van der Waals surface area contributed by atoms with Crippen LogP contribution in [0.4, 0.5) is 11.4 Å². The van der Waals surface area contributed by atoms with E-state index in [1.165, 1.54) is 5.56 Å². The molecule has 0 saturated heterocycles. The van der Waals surface area contributed by atoms with Crippen LogP contribution in [0.5, 0.6) is 5.75 Å². The number of thioether (sulfide) groups is 1. The average molecular weight is 421 g/mol. The maximum atomic E-state index is 11.7. The minimum atomic E-state index is -0.141. The van der Waals surface area contributed by atoms with Gasteiger partial charge in [-0.25, -0.2) is 0 Å². The topological polar surface area (TPSA) is 50.7 Å². The van der Waals surface area contributed by atoms with E-state index in [1.54, 1.807) is 0 Å². The normalized spacial score (nSPS) is 17.9. The van der Waals surface area contributed by atoms with Gasteiger partial charge in [0.05, 0.1) is 11.4 Å². The van der Waals surface area contributed by atoms with Crippen molar-refractivity contribution in [2.24, 2.45) is 4.99 Å². The number of carbonyl (C=O) groups excluding carboxylic acids is 1. The van der Waals surface area contributed by atoms with E-state index in [0.29, 0.717) is 11.4 Å². The Morgan fingerprint density at radius 3 is 2.76 bits per heavy atom. The van der Waals surface area contributed by atoms with Gasteiger partial charge in [0, 0.05) is 27.3 Å². The summed E-state index contributed by atoms with van der Waals surface area (Å²) in [5, 5.41) is 3.82. The summed E-state index contributed by atoms with van der Waals surface area (Å²) >= 11 is 7.90. The summed E-state index contributed by atoms with van der Waals surface area (Å²) in [5.74, 6) is 0.545. The van der Waals surface area contributed by atoms with Crippen molar-refractivity contribution in [3.8, 4) is 5.75 Å². The van der Waals surface area contributed by atoms with Crippen LogP contribution in [0.15, 0.2) is 76.6 Å². The summed E-state index contributed by atoms with van der Waals surface area (Å²) in [6, 6.07) is 22.0. The molecule has 3 aromatic carbocycles. The smallest absolute Gasteiger partial charge is 0.262 e. The van der Waals surface area contributed by atoms with Gasteiger partial charge in [0.2, 0.25) is 0 Å². The quantitative estimate of drug-likeness (QED) is 0.550. The molecule has 0 unspecified atom stereocenters. The molecule has 0 spiro atoms. The molecule has 2 aliphatic heterocycles. The molecule has 0 fully saturated rings. The van der Waals surface area contributed by atoms with Gasteiger partial charge in [0.25, 0.3) is 5.91 Å². The van der Waals surface area contributed by atoms with Crippen LogP contribution in [0.1, 0.15) is 22.8 Å². The van der Waals surface area contributed by atoms with Gasteiger partial charge in [-0.3, -0.25) is 9.79 Å². The van der Waals surface area contributed by atoms with Crippen molar-refractivity contribution < 1.29 is 9.53 Å². The first kappa shape index (κ1) is 18.3. The van der Waals surface area contributed by atoms with Crippen molar-refractivity contribution >= 4 is 46.4 Å². The van der Waals surface area contributed by atoms with Gasteiger partial charge in [-0.1, -0.05) is 35.9 Å². The fourth-order valence-corrected chi connectivity index (χ4v) is 4.88. The molecule has 4 nitrogen and oxygen atoms in total. The fraction of sp³-hybridized carbons (Fsp3) is 0.130. The van der Waals surface area contributed by atoms with Crippen LogP contribution in [-0.2, 0) is 4.79 Å². The van der Waals surface area contributed by atoms with Crippen LogP contribution < -0.4 is 10.1 Å². The molecule has 0 aromatic heterocycles. The van der Waals surface area contributed by atoms with Crippen molar-refractivity contribution in [3.05, 3.63) is 82.9 Å². The Labute approximate surface area is 178 Å². The van der Waals surface area contributed by atoms with Crippen molar-refractivity contribution in [2.45, 2.75) is 16.6 Å². The number of hydrogen-bond acceptors (Lipinski definition) is 4. The maximum Gasteiger partial charge on any atom is 0.262 e. The van der Waals surface area contributed by atoms with Gasteiger partial charge in [0.15, 0.2) is 6.61 Å². The van der Waals surface area contributed by atoms with E-state index in [1.807, 2.05) is 60.3 Å². The van der Waals surface area contributed by atoms with Gasteiger partial charge in [-0.2, -0.15) is 0 Å². The predicted molar refractivity (Wildman–Crippen MR) is 118 cm³/mol. The highest BCUT2D eigenvalue weighted by molar-refractivity contribution is 7.99. The number of amides is 1. The van der Waals surface area contributed by atoms with Gasteiger partial charge in [-0.15, -0.1) is 11.8 Å². The Hall–Kier alpha value is -2.76. The van der Waals surface area contributed by atoms with E-state index in [0.717, 1.165) is 33.3 Å². The fourth-order valence-electron chi connectivity index (χ4n) is 3.52. The van der Waals surface area contributed by atoms with Crippen LogP contribution in [0.3, 0.4) is 0 Å². The van der Waals surface area contributed by atoms with Crippen molar-refractivity contribution in [3.63, 3.8) is 0 Å². The molecule has 0 saturated carbocycles. The van der Waals surface area contributed by atoms with E-state index >= 15 is 0 Å². The first-order valence-corrected chi connectivity index (χ1v) is 10.6. The number of nitrogens with zero attached hydrogens (tertiary/aromatic N) is 1. The second-order valence-electron chi connectivity index (χ2n) is 6.94. The summed E-state index contributed by atoms with van der Waals surface area (Å²) in [6.07, 6.45) is 0.759. The van der Waals surface area contributed by atoms with E-state index in [2.05, 4.69) is 23.5 Å². The number of nitrogens with one attached hydrogen (secondary N) is 1. The van der Waals surface area contributed by atoms with E-state index in [9.17, 15) is 4.79 Å². The molecule has 6 heteroatoms. The number of fused-ring (bicyclic) bond motifs is 2. The number of rotatable bonds is 2. The Bertz CT molecular complexity index is 1130. The lowest BCUT2D eigenvalue weighted by Crippen LogP contribution is -2.25. The third-order valence-corrected chi connectivity index (χ3v) is 6.53. The Kier molecular flexibility index (Phi) is 4.78. The lowest BCUT2D eigenvalue weighted by Gasteiger charge is -2.20. The summed E-state index contributed by atoms with van der Waals surface area (Å²) < 4.78 is 5.49. The summed E-state index contributed by atoms with van der Waals surface area (Å²) in [5.41, 5.74) is 4.81. The third-order valence-electron chi connectivity index (χ3n) is 4.96. The van der Waals surface area contributed by atoms with E-state index in [-0.39, 0.29) is 17.8 Å². The Balaban J connectivity index is 1.57. The summed E-state index contributed by atoms with van der Waals surface area (Å²) in [4.78, 5) is 17.9. The van der Waals surface area contributed by atoms with Crippen molar-refractivity contribution in [2.75, 3.05) is 11.9 Å². The van der Waals surface area contributed by atoms with Crippen LogP contribution in [-0.4, -0.2) is 18.2 Å². The highest BCUT2D eigenvalue weighted by Gasteiger charge is 2.24. The van der Waals surface area contributed by atoms with Crippen LogP contribution in [0.2, 0.25) is 5.02 Å². The second-order valence-corrected chi connectivity index (χ2v) is 8.62. The summed E-state index contributed by atoms with van der Waals surface area (Å²) in [6.45, 7) is 0.0515. The number of halogens is 1. The molecule has 3 aromatic rings. The number of anilines is 1. The molecule has 2 heterocycles. The van der Waals surface area contributed by atoms with E-state index in [4.69, 9.17) is 21.3 Å². The predicted octanol–water partition coefficient (Wildman–Crippen LogP) is 6.03. The third kappa shape index (κ3) is 3.76. The molecule has 2 aliphatic rings. The minimum Gasteiger partial charge on any atom is -0.482 e. The average Bonchev–Trinajstić information content (AvgIpc) is 2.93. The number of ether oxygens (including phenoxy) is 1. The minimum absolute atomic E-state index is 0.0515. The highest BCUT2D eigenvalue weighted by Crippen LogP contribution is 2.46. The highest BCUT2D eigenvalue weighted by atomic mass is 35.5. The van der Waals surface area contributed by atoms with Gasteiger partial charge >= 0.3 is 0 Å². The van der Waals surface area contributed by atoms with Crippen molar-refractivity contribution in [1.29, 1.82) is 0 Å². The molecule has 0 bridgehead atoms. The first-order valence-electron chi connectivity index (χ1n) is 9.31. The second kappa shape index (κ2) is 7.58.